The maximum atomic E-state index is 9.62. The lowest BCUT2D eigenvalue weighted by Gasteiger charge is -2.30. The number of aliphatic hydroxyl groups is 1. The topological polar surface area (TPSA) is 44.3 Å². The first-order valence-corrected chi connectivity index (χ1v) is 6.54. The van der Waals surface area contributed by atoms with E-state index in [1.807, 2.05) is 37.3 Å². The second-order valence-corrected chi connectivity index (χ2v) is 5.96. The molecule has 0 radical (unpaired) electrons. The van der Waals surface area contributed by atoms with Crippen LogP contribution in [0.25, 0.3) is 0 Å². The van der Waals surface area contributed by atoms with Gasteiger partial charge in [-0.3, -0.25) is 0 Å². The van der Waals surface area contributed by atoms with Gasteiger partial charge in [-0.15, -0.1) is 0 Å². The van der Waals surface area contributed by atoms with Crippen molar-refractivity contribution < 1.29 is 5.11 Å². The highest BCUT2D eigenvalue weighted by molar-refractivity contribution is 5.23. The Kier molecular flexibility index (Phi) is 5.32. The van der Waals surface area contributed by atoms with Gasteiger partial charge >= 0.3 is 0 Å². The molecule has 0 amide bonds. The summed E-state index contributed by atoms with van der Waals surface area (Å²) in [5, 5.41) is 16.5. The highest BCUT2D eigenvalue weighted by Crippen LogP contribution is 2.19. The molecule has 0 aliphatic heterocycles. The molecule has 0 heterocycles. The molecule has 1 rings (SSSR count). The van der Waals surface area contributed by atoms with Gasteiger partial charge in [0.25, 0.3) is 0 Å². The highest BCUT2D eigenvalue weighted by Gasteiger charge is 2.24. The smallest absolute Gasteiger partial charge is 0.0652 e. The van der Waals surface area contributed by atoms with E-state index in [0.29, 0.717) is 0 Å². The minimum absolute atomic E-state index is 0.0898. The Morgan fingerprint density at radius 1 is 0.944 bits per heavy atom. The first-order chi connectivity index (χ1) is 8.37. The summed E-state index contributed by atoms with van der Waals surface area (Å²) in [6, 6.07) is 10.1. The third-order valence-corrected chi connectivity index (χ3v) is 3.02. The van der Waals surface area contributed by atoms with E-state index in [1.54, 1.807) is 0 Å². The number of hydrogen-bond acceptors (Lipinski definition) is 3. The summed E-state index contributed by atoms with van der Waals surface area (Å²) in [4.78, 5) is 0. The Hall–Kier alpha value is -0.900. The van der Waals surface area contributed by atoms with Crippen molar-refractivity contribution in [2.45, 2.75) is 38.8 Å². The minimum Gasteiger partial charge on any atom is -0.394 e. The molecule has 1 unspecified atom stereocenters. The van der Waals surface area contributed by atoms with Crippen molar-refractivity contribution in [3.8, 4) is 0 Å². The van der Waals surface area contributed by atoms with E-state index < -0.39 is 0 Å². The number of aliphatic hydroxyl groups excluding tert-OH is 1. The number of benzene rings is 1. The van der Waals surface area contributed by atoms with E-state index in [9.17, 15) is 5.11 Å². The quantitative estimate of drug-likeness (QED) is 0.675. The lowest BCUT2D eigenvalue weighted by molar-refractivity contribution is 0.174. The normalized spacial score (nSPS) is 15.4. The molecule has 1 aromatic rings. The predicted molar refractivity (Wildman–Crippen MR) is 76.6 cm³/mol. The van der Waals surface area contributed by atoms with Crippen molar-refractivity contribution in [1.82, 2.24) is 10.6 Å². The molecule has 0 aromatic heterocycles. The summed E-state index contributed by atoms with van der Waals surface area (Å²) in [6.07, 6.45) is 0. The fourth-order valence-corrected chi connectivity index (χ4v) is 1.83. The van der Waals surface area contributed by atoms with Gasteiger partial charge in [-0.25, -0.2) is 0 Å². The Morgan fingerprint density at radius 2 is 1.50 bits per heavy atom. The Balaban J connectivity index is 2.52. The summed E-state index contributed by atoms with van der Waals surface area (Å²) in [5.74, 6) is 0. The molecule has 1 aromatic carbocycles. The van der Waals surface area contributed by atoms with Crippen molar-refractivity contribution in [1.29, 1.82) is 0 Å². The molecule has 3 heteroatoms. The summed E-state index contributed by atoms with van der Waals surface area (Å²) in [7, 11) is 0. The zero-order valence-corrected chi connectivity index (χ0v) is 12.0. The molecular weight excluding hydrogens is 224 g/mol. The number of hydrogen-bond donors (Lipinski definition) is 3. The Labute approximate surface area is 111 Å². The van der Waals surface area contributed by atoms with E-state index in [0.717, 1.165) is 18.7 Å². The monoisotopic (exact) mass is 250 g/mol. The van der Waals surface area contributed by atoms with Gasteiger partial charge in [0.1, 0.15) is 0 Å². The van der Waals surface area contributed by atoms with E-state index in [1.165, 1.54) is 0 Å². The first kappa shape index (κ1) is 15.2. The van der Waals surface area contributed by atoms with Gasteiger partial charge in [-0.2, -0.15) is 0 Å². The summed E-state index contributed by atoms with van der Waals surface area (Å²) in [5.41, 5.74) is 0.869. The molecule has 0 aliphatic rings. The van der Waals surface area contributed by atoms with Crippen LogP contribution in [-0.4, -0.2) is 30.3 Å². The van der Waals surface area contributed by atoms with Crippen molar-refractivity contribution in [2.24, 2.45) is 0 Å². The summed E-state index contributed by atoms with van der Waals surface area (Å²) < 4.78 is 0. The van der Waals surface area contributed by atoms with Crippen molar-refractivity contribution >= 4 is 0 Å². The minimum atomic E-state index is -0.374. The predicted octanol–water partition coefficient (Wildman–Crippen LogP) is 1.87. The molecule has 3 nitrogen and oxygen atoms in total. The van der Waals surface area contributed by atoms with Crippen LogP contribution in [0.2, 0.25) is 0 Å². The van der Waals surface area contributed by atoms with E-state index in [4.69, 9.17) is 0 Å². The average Bonchev–Trinajstić information content (AvgIpc) is 2.34. The van der Waals surface area contributed by atoms with Crippen LogP contribution >= 0.6 is 0 Å². The summed E-state index contributed by atoms with van der Waals surface area (Å²) in [6.45, 7) is 10.3. The van der Waals surface area contributed by atoms with Crippen LogP contribution in [0.3, 0.4) is 0 Å². The third kappa shape index (κ3) is 4.77. The van der Waals surface area contributed by atoms with Crippen LogP contribution in [0.4, 0.5) is 0 Å². The van der Waals surface area contributed by atoms with Gasteiger partial charge in [-0.1, -0.05) is 30.3 Å². The largest absolute Gasteiger partial charge is 0.394 e. The average molecular weight is 250 g/mol. The molecule has 3 N–H and O–H groups in total. The highest BCUT2D eigenvalue weighted by atomic mass is 16.3. The van der Waals surface area contributed by atoms with Gasteiger partial charge in [0.2, 0.25) is 0 Å². The lowest BCUT2D eigenvalue weighted by Crippen LogP contribution is -2.47. The van der Waals surface area contributed by atoms with Crippen LogP contribution in [0.1, 0.15) is 33.3 Å². The van der Waals surface area contributed by atoms with E-state index in [-0.39, 0.29) is 17.7 Å². The molecule has 0 bridgehead atoms. The molecule has 0 saturated heterocycles. The Bertz CT molecular complexity index is 345. The number of rotatable bonds is 6. The molecule has 18 heavy (non-hydrogen) atoms. The van der Waals surface area contributed by atoms with Crippen molar-refractivity contribution in [2.75, 3.05) is 19.7 Å². The van der Waals surface area contributed by atoms with E-state index in [2.05, 4.69) is 31.4 Å². The first-order valence-electron chi connectivity index (χ1n) is 6.54. The molecule has 0 spiro atoms. The lowest BCUT2D eigenvalue weighted by atomic mass is 9.93. The molecule has 0 fully saturated rings. The van der Waals surface area contributed by atoms with Gasteiger partial charge in [-0.05, 0) is 33.3 Å². The zero-order valence-electron chi connectivity index (χ0n) is 12.0. The van der Waals surface area contributed by atoms with Crippen molar-refractivity contribution in [3.63, 3.8) is 0 Å². The van der Waals surface area contributed by atoms with Gasteiger partial charge in [0.05, 0.1) is 12.1 Å². The third-order valence-electron chi connectivity index (χ3n) is 3.02. The number of nitrogens with one attached hydrogen (secondary N) is 2. The second-order valence-electron chi connectivity index (χ2n) is 5.96. The van der Waals surface area contributed by atoms with Gasteiger partial charge in [0.15, 0.2) is 0 Å². The maximum Gasteiger partial charge on any atom is 0.0652 e. The van der Waals surface area contributed by atoms with Crippen LogP contribution < -0.4 is 10.6 Å². The van der Waals surface area contributed by atoms with E-state index >= 15 is 0 Å². The molecule has 102 valence electrons. The van der Waals surface area contributed by atoms with Crippen LogP contribution in [0.15, 0.2) is 30.3 Å². The van der Waals surface area contributed by atoms with Gasteiger partial charge < -0.3 is 15.7 Å². The molecule has 1 atom stereocenters. The summed E-state index contributed by atoms with van der Waals surface area (Å²) >= 11 is 0. The maximum absolute atomic E-state index is 9.62. The van der Waals surface area contributed by atoms with Crippen LogP contribution in [0.5, 0.6) is 0 Å². The van der Waals surface area contributed by atoms with Crippen LogP contribution in [0, 0.1) is 0 Å². The SMILES string of the molecule is CC(C)(C)NCCNC(C)(CO)c1ccccc1. The Morgan fingerprint density at radius 3 is 2.00 bits per heavy atom. The van der Waals surface area contributed by atoms with Crippen LogP contribution in [-0.2, 0) is 5.54 Å². The molecular formula is C15H26N2O. The zero-order chi connectivity index (χ0) is 13.6. The van der Waals surface area contributed by atoms with Gasteiger partial charge in [0, 0.05) is 18.6 Å². The fraction of sp³-hybridized carbons (Fsp3) is 0.600. The molecule has 0 saturated carbocycles. The van der Waals surface area contributed by atoms with Crippen molar-refractivity contribution in [3.05, 3.63) is 35.9 Å². The standard InChI is InChI=1S/C15H26N2O/c1-14(2,3)16-10-11-17-15(4,12-18)13-8-6-5-7-9-13/h5-9,16-18H,10-12H2,1-4H3. The fourth-order valence-electron chi connectivity index (χ4n) is 1.83. The second kappa shape index (κ2) is 6.32. The molecule has 0 aliphatic carbocycles.